The number of nitrogens with zero attached hydrogens (tertiary/aromatic N) is 1. The summed E-state index contributed by atoms with van der Waals surface area (Å²) >= 11 is 0. The summed E-state index contributed by atoms with van der Waals surface area (Å²) in [5.74, 6) is 0.820. The van der Waals surface area contributed by atoms with Crippen molar-refractivity contribution in [3.8, 4) is 0 Å². The molecule has 0 amide bonds. The van der Waals surface area contributed by atoms with E-state index in [-0.39, 0.29) is 0 Å². The molecule has 1 aliphatic rings. The molecule has 16 heavy (non-hydrogen) atoms. The summed E-state index contributed by atoms with van der Waals surface area (Å²) in [6.45, 7) is 6.47. The van der Waals surface area contributed by atoms with Gasteiger partial charge in [0.1, 0.15) is 0 Å². The van der Waals surface area contributed by atoms with Crippen LogP contribution in [0.5, 0.6) is 0 Å². The molecule has 0 aromatic carbocycles. The fourth-order valence-corrected chi connectivity index (χ4v) is 2.35. The molecule has 0 aliphatic carbocycles. The van der Waals surface area contributed by atoms with Crippen molar-refractivity contribution in [2.45, 2.75) is 38.6 Å². The van der Waals surface area contributed by atoms with Gasteiger partial charge in [0, 0.05) is 19.3 Å². The Bertz CT molecular complexity index is 167. The Balaban J connectivity index is 2.34. The second-order valence-corrected chi connectivity index (χ2v) is 5.10. The lowest BCUT2D eigenvalue weighted by Gasteiger charge is -2.32. The van der Waals surface area contributed by atoms with Crippen LogP contribution in [0.15, 0.2) is 0 Å². The van der Waals surface area contributed by atoms with Gasteiger partial charge < -0.3 is 15.0 Å². The van der Waals surface area contributed by atoms with Crippen LogP contribution in [-0.2, 0) is 4.74 Å². The highest BCUT2D eigenvalue weighted by molar-refractivity contribution is 4.79. The highest BCUT2D eigenvalue weighted by Crippen LogP contribution is 2.21. The second-order valence-electron chi connectivity index (χ2n) is 5.10. The first-order valence-electron chi connectivity index (χ1n) is 6.70. The van der Waals surface area contributed by atoms with Crippen molar-refractivity contribution in [3.05, 3.63) is 0 Å². The first kappa shape index (κ1) is 13.9. The predicted octanol–water partition coefficient (Wildman–Crippen LogP) is 1.73. The molecular weight excluding hydrogens is 200 g/mol. The number of ether oxygens (including phenoxy) is 1. The largest absolute Gasteiger partial charge is 0.381 e. The number of nitrogens with one attached hydrogen (secondary N) is 1. The standard InChI is InChI=1S/C13H28N2O/c1-4-8-14-13(5-9-15(2)3)12-6-10-16-11-7-12/h12-14H,4-11H2,1-3H3. The van der Waals surface area contributed by atoms with Gasteiger partial charge in [0.2, 0.25) is 0 Å². The monoisotopic (exact) mass is 228 g/mol. The minimum absolute atomic E-state index is 0.686. The van der Waals surface area contributed by atoms with E-state index in [1.807, 2.05) is 0 Å². The molecule has 0 spiro atoms. The molecule has 1 N–H and O–H groups in total. The summed E-state index contributed by atoms with van der Waals surface area (Å²) in [7, 11) is 4.31. The molecule has 1 atom stereocenters. The Morgan fingerprint density at radius 2 is 2.00 bits per heavy atom. The Kier molecular flexibility index (Phi) is 7.01. The maximum atomic E-state index is 5.44. The van der Waals surface area contributed by atoms with E-state index in [4.69, 9.17) is 4.74 Å². The van der Waals surface area contributed by atoms with E-state index in [0.29, 0.717) is 6.04 Å². The van der Waals surface area contributed by atoms with Crippen molar-refractivity contribution in [2.24, 2.45) is 5.92 Å². The topological polar surface area (TPSA) is 24.5 Å². The summed E-state index contributed by atoms with van der Waals surface area (Å²) in [5.41, 5.74) is 0. The Morgan fingerprint density at radius 1 is 1.31 bits per heavy atom. The quantitative estimate of drug-likeness (QED) is 0.718. The van der Waals surface area contributed by atoms with Crippen molar-refractivity contribution in [1.82, 2.24) is 10.2 Å². The molecular formula is C13H28N2O. The summed E-state index contributed by atoms with van der Waals surface area (Å²) in [6.07, 6.45) is 4.95. The van der Waals surface area contributed by atoms with Crippen molar-refractivity contribution < 1.29 is 4.74 Å². The van der Waals surface area contributed by atoms with Crippen molar-refractivity contribution in [1.29, 1.82) is 0 Å². The third kappa shape index (κ3) is 5.28. The molecule has 0 saturated carbocycles. The average molecular weight is 228 g/mol. The molecule has 0 radical (unpaired) electrons. The third-order valence-corrected chi connectivity index (χ3v) is 3.38. The van der Waals surface area contributed by atoms with Crippen molar-refractivity contribution in [2.75, 3.05) is 40.4 Å². The lowest BCUT2D eigenvalue weighted by atomic mass is 9.89. The van der Waals surface area contributed by atoms with E-state index in [1.54, 1.807) is 0 Å². The lowest BCUT2D eigenvalue weighted by molar-refractivity contribution is 0.0516. The van der Waals surface area contributed by atoms with Crippen LogP contribution in [0.25, 0.3) is 0 Å². The molecule has 3 heteroatoms. The van der Waals surface area contributed by atoms with Crippen LogP contribution in [0.2, 0.25) is 0 Å². The predicted molar refractivity (Wildman–Crippen MR) is 68.8 cm³/mol. The lowest BCUT2D eigenvalue weighted by Crippen LogP contribution is -2.41. The Hall–Kier alpha value is -0.120. The van der Waals surface area contributed by atoms with Gasteiger partial charge in [-0.3, -0.25) is 0 Å². The van der Waals surface area contributed by atoms with Crippen molar-refractivity contribution >= 4 is 0 Å². The van der Waals surface area contributed by atoms with Gasteiger partial charge in [-0.1, -0.05) is 6.92 Å². The smallest absolute Gasteiger partial charge is 0.0469 e. The van der Waals surface area contributed by atoms with Crippen LogP contribution >= 0.6 is 0 Å². The van der Waals surface area contributed by atoms with Crippen LogP contribution in [0.3, 0.4) is 0 Å². The molecule has 1 fully saturated rings. The van der Waals surface area contributed by atoms with Crippen LogP contribution in [0, 0.1) is 5.92 Å². The van der Waals surface area contributed by atoms with Gasteiger partial charge in [-0.25, -0.2) is 0 Å². The van der Waals surface area contributed by atoms with Gasteiger partial charge in [-0.05, 0) is 58.8 Å². The molecule has 1 saturated heterocycles. The highest BCUT2D eigenvalue weighted by atomic mass is 16.5. The number of rotatable bonds is 7. The zero-order valence-corrected chi connectivity index (χ0v) is 11.2. The second kappa shape index (κ2) is 8.04. The SMILES string of the molecule is CCCNC(CCN(C)C)C1CCOCC1. The molecule has 1 rings (SSSR count). The van der Waals surface area contributed by atoms with E-state index in [9.17, 15) is 0 Å². The number of hydrogen-bond donors (Lipinski definition) is 1. The first-order valence-corrected chi connectivity index (χ1v) is 6.70. The summed E-state index contributed by atoms with van der Waals surface area (Å²) in [4.78, 5) is 2.28. The average Bonchev–Trinajstić information content (AvgIpc) is 2.30. The third-order valence-electron chi connectivity index (χ3n) is 3.38. The molecule has 3 nitrogen and oxygen atoms in total. The Morgan fingerprint density at radius 3 is 2.56 bits per heavy atom. The Labute approximate surface area is 101 Å². The maximum absolute atomic E-state index is 5.44. The fourth-order valence-electron chi connectivity index (χ4n) is 2.35. The van der Waals surface area contributed by atoms with Gasteiger partial charge in [0.05, 0.1) is 0 Å². The van der Waals surface area contributed by atoms with E-state index >= 15 is 0 Å². The van der Waals surface area contributed by atoms with Gasteiger partial charge in [0.15, 0.2) is 0 Å². The molecule has 96 valence electrons. The fraction of sp³-hybridized carbons (Fsp3) is 1.00. The van der Waals surface area contributed by atoms with Crippen LogP contribution in [0.1, 0.15) is 32.6 Å². The zero-order chi connectivity index (χ0) is 11.8. The summed E-state index contributed by atoms with van der Waals surface area (Å²) in [5, 5.41) is 3.71. The van der Waals surface area contributed by atoms with E-state index < -0.39 is 0 Å². The summed E-state index contributed by atoms with van der Waals surface area (Å²) < 4.78 is 5.44. The number of hydrogen-bond acceptors (Lipinski definition) is 3. The zero-order valence-electron chi connectivity index (χ0n) is 11.2. The van der Waals surface area contributed by atoms with Gasteiger partial charge in [-0.2, -0.15) is 0 Å². The van der Waals surface area contributed by atoms with Gasteiger partial charge in [-0.15, -0.1) is 0 Å². The minimum atomic E-state index is 0.686. The van der Waals surface area contributed by atoms with Crippen LogP contribution in [-0.4, -0.2) is 51.3 Å². The van der Waals surface area contributed by atoms with Gasteiger partial charge in [0.25, 0.3) is 0 Å². The maximum Gasteiger partial charge on any atom is 0.0469 e. The molecule has 0 bridgehead atoms. The summed E-state index contributed by atoms with van der Waals surface area (Å²) in [6, 6.07) is 0.686. The van der Waals surface area contributed by atoms with E-state index in [1.165, 1.54) is 32.2 Å². The van der Waals surface area contributed by atoms with E-state index in [0.717, 1.165) is 25.7 Å². The molecule has 0 aromatic rings. The molecule has 1 heterocycles. The minimum Gasteiger partial charge on any atom is -0.381 e. The van der Waals surface area contributed by atoms with Crippen LogP contribution in [0.4, 0.5) is 0 Å². The molecule has 0 aromatic heterocycles. The van der Waals surface area contributed by atoms with Crippen molar-refractivity contribution in [3.63, 3.8) is 0 Å². The molecule has 1 aliphatic heterocycles. The normalized spacial score (nSPS) is 20.2. The van der Waals surface area contributed by atoms with E-state index in [2.05, 4.69) is 31.2 Å². The van der Waals surface area contributed by atoms with Crippen LogP contribution < -0.4 is 5.32 Å². The first-order chi connectivity index (χ1) is 7.74. The molecule has 1 unspecified atom stereocenters. The highest BCUT2D eigenvalue weighted by Gasteiger charge is 2.23. The van der Waals surface area contributed by atoms with Gasteiger partial charge >= 0.3 is 0 Å².